The molecule has 0 bridgehead atoms. The highest BCUT2D eigenvalue weighted by Crippen LogP contribution is 2.20. The van der Waals surface area contributed by atoms with Gasteiger partial charge in [0.25, 0.3) is 5.91 Å². The molecule has 0 aliphatic rings. The standard InChI is InChI=1S/C21H25N3O2/c1-4-15(2)14-24-18-11-7-6-10-17(18)23-20(24)13-22-21(25)16-9-5-8-12-19(16)26-3/h5-12,15H,4,13-14H2,1-3H3,(H,22,25). The van der Waals surface area contributed by atoms with E-state index in [-0.39, 0.29) is 5.91 Å². The Bertz CT molecular complexity index is 901. The molecule has 0 aliphatic heterocycles. The number of methoxy groups -OCH3 is 1. The van der Waals surface area contributed by atoms with Crippen molar-refractivity contribution in [2.75, 3.05) is 7.11 Å². The number of carbonyl (C=O) groups excluding carboxylic acids is 1. The van der Waals surface area contributed by atoms with Crippen LogP contribution in [0.3, 0.4) is 0 Å². The van der Waals surface area contributed by atoms with Gasteiger partial charge in [-0.15, -0.1) is 0 Å². The van der Waals surface area contributed by atoms with Crippen molar-refractivity contribution in [2.24, 2.45) is 5.92 Å². The van der Waals surface area contributed by atoms with Crippen LogP contribution in [-0.4, -0.2) is 22.6 Å². The predicted octanol–water partition coefficient (Wildman–Crippen LogP) is 4.02. The molecule has 5 nitrogen and oxygen atoms in total. The maximum Gasteiger partial charge on any atom is 0.255 e. The van der Waals surface area contributed by atoms with Crippen molar-refractivity contribution in [3.05, 3.63) is 59.9 Å². The highest BCUT2D eigenvalue weighted by atomic mass is 16.5. The molecule has 5 heteroatoms. The highest BCUT2D eigenvalue weighted by Gasteiger charge is 2.15. The summed E-state index contributed by atoms with van der Waals surface area (Å²) in [5.41, 5.74) is 2.59. The van der Waals surface area contributed by atoms with Gasteiger partial charge in [0, 0.05) is 6.54 Å². The molecule has 1 aromatic heterocycles. The molecule has 26 heavy (non-hydrogen) atoms. The molecule has 3 aromatic rings. The van der Waals surface area contributed by atoms with Crippen LogP contribution in [0.4, 0.5) is 0 Å². The number of imidazole rings is 1. The fourth-order valence-corrected chi connectivity index (χ4v) is 2.99. The van der Waals surface area contributed by atoms with Crippen LogP contribution >= 0.6 is 0 Å². The number of hydrogen-bond donors (Lipinski definition) is 1. The van der Waals surface area contributed by atoms with Crippen molar-refractivity contribution in [3.63, 3.8) is 0 Å². The molecule has 1 atom stereocenters. The lowest BCUT2D eigenvalue weighted by Gasteiger charge is -2.14. The third-order valence-electron chi connectivity index (χ3n) is 4.68. The second-order valence-corrected chi connectivity index (χ2v) is 6.52. The van der Waals surface area contributed by atoms with Crippen LogP contribution in [0.2, 0.25) is 0 Å². The van der Waals surface area contributed by atoms with Crippen LogP contribution in [0, 0.1) is 5.92 Å². The Morgan fingerprint density at radius 3 is 2.69 bits per heavy atom. The lowest BCUT2D eigenvalue weighted by molar-refractivity contribution is 0.0946. The summed E-state index contributed by atoms with van der Waals surface area (Å²) in [5.74, 6) is 1.81. The van der Waals surface area contributed by atoms with Crippen LogP contribution in [-0.2, 0) is 13.1 Å². The molecule has 136 valence electrons. The molecule has 3 rings (SSSR count). The first kappa shape index (κ1) is 18.0. The number of ether oxygens (including phenoxy) is 1. The van der Waals surface area contributed by atoms with Crippen LogP contribution < -0.4 is 10.1 Å². The summed E-state index contributed by atoms with van der Waals surface area (Å²) in [6.45, 7) is 5.68. The average Bonchev–Trinajstić information content (AvgIpc) is 3.03. The minimum atomic E-state index is -0.162. The summed E-state index contributed by atoms with van der Waals surface area (Å²) in [4.78, 5) is 17.3. The van der Waals surface area contributed by atoms with Gasteiger partial charge in [0.2, 0.25) is 0 Å². The summed E-state index contributed by atoms with van der Waals surface area (Å²) >= 11 is 0. The quantitative estimate of drug-likeness (QED) is 0.699. The first-order valence-corrected chi connectivity index (χ1v) is 8.99. The van der Waals surface area contributed by atoms with Gasteiger partial charge in [-0.2, -0.15) is 0 Å². The predicted molar refractivity (Wildman–Crippen MR) is 103 cm³/mol. The Morgan fingerprint density at radius 1 is 1.19 bits per heavy atom. The Morgan fingerprint density at radius 2 is 1.92 bits per heavy atom. The minimum absolute atomic E-state index is 0.162. The molecule has 1 unspecified atom stereocenters. The zero-order valence-electron chi connectivity index (χ0n) is 15.5. The van der Waals surface area contributed by atoms with E-state index in [1.54, 1.807) is 19.2 Å². The lowest BCUT2D eigenvalue weighted by atomic mass is 10.1. The van der Waals surface area contributed by atoms with E-state index in [9.17, 15) is 4.79 Å². The van der Waals surface area contributed by atoms with Gasteiger partial charge in [0.1, 0.15) is 11.6 Å². The van der Waals surface area contributed by atoms with E-state index >= 15 is 0 Å². The molecule has 0 spiro atoms. The Kier molecular flexibility index (Phi) is 5.56. The van der Waals surface area contributed by atoms with Crippen molar-refractivity contribution >= 4 is 16.9 Å². The van der Waals surface area contributed by atoms with Gasteiger partial charge >= 0.3 is 0 Å². The molecule has 0 saturated heterocycles. The van der Waals surface area contributed by atoms with Crippen molar-refractivity contribution < 1.29 is 9.53 Å². The molecule has 0 aliphatic carbocycles. The maximum atomic E-state index is 12.6. The van der Waals surface area contributed by atoms with E-state index in [4.69, 9.17) is 9.72 Å². The largest absolute Gasteiger partial charge is 0.496 e. The molecule has 0 saturated carbocycles. The smallest absolute Gasteiger partial charge is 0.255 e. The van der Waals surface area contributed by atoms with Crippen molar-refractivity contribution in [1.29, 1.82) is 0 Å². The van der Waals surface area contributed by atoms with Crippen LogP contribution in [0.5, 0.6) is 5.75 Å². The third-order valence-corrected chi connectivity index (χ3v) is 4.68. The molecule has 1 amide bonds. The SMILES string of the molecule is CCC(C)Cn1c(CNC(=O)c2ccccc2OC)nc2ccccc21. The summed E-state index contributed by atoms with van der Waals surface area (Å²) in [6.07, 6.45) is 1.10. The zero-order chi connectivity index (χ0) is 18.5. The summed E-state index contributed by atoms with van der Waals surface area (Å²) in [6, 6.07) is 15.3. The van der Waals surface area contributed by atoms with Crippen molar-refractivity contribution in [3.8, 4) is 5.75 Å². The summed E-state index contributed by atoms with van der Waals surface area (Å²) in [7, 11) is 1.57. The van der Waals surface area contributed by atoms with Crippen molar-refractivity contribution in [2.45, 2.75) is 33.4 Å². The second kappa shape index (κ2) is 8.04. The van der Waals surface area contributed by atoms with Gasteiger partial charge in [-0.1, -0.05) is 44.5 Å². The molecular weight excluding hydrogens is 326 g/mol. The third kappa shape index (κ3) is 3.72. The van der Waals surface area contributed by atoms with Crippen molar-refractivity contribution in [1.82, 2.24) is 14.9 Å². The van der Waals surface area contributed by atoms with Gasteiger partial charge < -0.3 is 14.6 Å². The van der Waals surface area contributed by atoms with Crippen LogP contribution in [0.15, 0.2) is 48.5 Å². The highest BCUT2D eigenvalue weighted by molar-refractivity contribution is 5.96. The first-order chi connectivity index (χ1) is 12.6. The number of benzene rings is 2. The summed E-state index contributed by atoms with van der Waals surface area (Å²) in [5, 5.41) is 2.98. The average molecular weight is 351 g/mol. The molecular formula is C21H25N3O2. The van der Waals surface area contributed by atoms with Gasteiger partial charge in [-0.25, -0.2) is 4.98 Å². The fraction of sp³-hybridized carbons (Fsp3) is 0.333. The van der Waals surface area contributed by atoms with E-state index in [2.05, 4.69) is 29.8 Å². The van der Waals surface area contributed by atoms with Crippen LogP contribution in [0.1, 0.15) is 36.5 Å². The number of fused-ring (bicyclic) bond motifs is 1. The fourth-order valence-electron chi connectivity index (χ4n) is 2.99. The topological polar surface area (TPSA) is 56.2 Å². The van der Waals surface area contributed by atoms with Gasteiger partial charge in [-0.05, 0) is 30.2 Å². The number of para-hydroxylation sites is 3. The number of rotatable bonds is 7. The number of amides is 1. The molecule has 2 aromatic carbocycles. The first-order valence-electron chi connectivity index (χ1n) is 8.99. The zero-order valence-corrected chi connectivity index (χ0v) is 15.5. The Hall–Kier alpha value is -2.82. The number of nitrogens with zero attached hydrogens (tertiary/aromatic N) is 2. The molecule has 0 fully saturated rings. The lowest BCUT2D eigenvalue weighted by Crippen LogP contribution is -2.25. The van der Waals surface area contributed by atoms with Gasteiger partial charge in [0.15, 0.2) is 0 Å². The van der Waals surface area contributed by atoms with Gasteiger partial charge in [-0.3, -0.25) is 4.79 Å². The number of hydrogen-bond acceptors (Lipinski definition) is 3. The number of carbonyl (C=O) groups is 1. The van der Waals surface area contributed by atoms with E-state index in [0.29, 0.717) is 23.8 Å². The van der Waals surface area contributed by atoms with Gasteiger partial charge in [0.05, 0.1) is 30.3 Å². The van der Waals surface area contributed by atoms with E-state index < -0.39 is 0 Å². The Labute approximate surface area is 154 Å². The molecule has 0 radical (unpaired) electrons. The van der Waals surface area contributed by atoms with E-state index in [0.717, 1.165) is 29.8 Å². The van der Waals surface area contributed by atoms with E-state index in [1.807, 2.05) is 30.3 Å². The number of nitrogens with one attached hydrogen (secondary N) is 1. The molecule has 1 heterocycles. The van der Waals surface area contributed by atoms with E-state index in [1.165, 1.54) is 0 Å². The van der Waals surface area contributed by atoms with Crippen LogP contribution in [0.25, 0.3) is 11.0 Å². The second-order valence-electron chi connectivity index (χ2n) is 6.52. The summed E-state index contributed by atoms with van der Waals surface area (Å²) < 4.78 is 7.49. The monoisotopic (exact) mass is 351 g/mol. The molecule has 1 N–H and O–H groups in total. The normalized spacial score (nSPS) is 12.1. The number of aromatic nitrogens is 2. The Balaban J connectivity index is 1.84. The minimum Gasteiger partial charge on any atom is -0.496 e. The maximum absolute atomic E-state index is 12.6.